The summed E-state index contributed by atoms with van der Waals surface area (Å²) in [5.74, 6) is 4.04. The van der Waals surface area contributed by atoms with E-state index < -0.39 is 0 Å². The summed E-state index contributed by atoms with van der Waals surface area (Å²) in [5.41, 5.74) is -0.278. The molecule has 5 aliphatic rings. The number of hydrogen-bond donors (Lipinski definition) is 1. The molecule has 0 unspecified atom stereocenters. The smallest absolute Gasteiger partial charge is 0.310 e. The van der Waals surface area contributed by atoms with Crippen LogP contribution in [0.3, 0.4) is 0 Å². The Bertz CT molecular complexity index is 411. The molecule has 4 saturated carbocycles. The minimum atomic E-state index is -0.278. The van der Waals surface area contributed by atoms with Crippen LogP contribution in [0, 0.1) is 35.5 Å². The monoisotopic (exact) mass is 306 g/mol. The zero-order valence-corrected chi connectivity index (χ0v) is 14.2. The molecule has 124 valence electrons. The third kappa shape index (κ3) is 2.60. The fourth-order valence-corrected chi connectivity index (χ4v) is 6.34. The molecule has 0 atom stereocenters. The second-order valence-electron chi connectivity index (χ2n) is 9.12. The summed E-state index contributed by atoms with van der Waals surface area (Å²) < 4.78 is 6.15. The lowest BCUT2D eigenvalue weighted by Gasteiger charge is -2.53. The zero-order chi connectivity index (χ0) is 15.3. The van der Waals surface area contributed by atoms with Crippen molar-refractivity contribution in [2.24, 2.45) is 35.5 Å². The minimum absolute atomic E-state index is 0.147. The first-order chi connectivity index (χ1) is 10.5. The van der Waals surface area contributed by atoms with E-state index in [1.54, 1.807) is 0 Å². The number of carbonyl (C=O) groups is 1. The molecular weight excluding hydrogens is 274 g/mol. The van der Waals surface area contributed by atoms with E-state index in [1.807, 2.05) is 0 Å². The predicted molar refractivity (Wildman–Crippen MR) is 85.1 cm³/mol. The zero-order valence-electron chi connectivity index (χ0n) is 14.2. The molecule has 0 aromatic rings. The molecule has 0 radical (unpaired) electrons. The van der Waals surface area contributed by atoms with Crippen LogP contribution in [0.2, 0.25) is 0 Å². The lowest BCUT2D eigenvalue weighted by molar-refractivity contribution is -0.665. The second kappa shape index (κ2) is 5.51. The Morgan fingerprint density at radius 2 is 1.50 bits per heavy atom. The van der Waals surface area contributed by atoms with Gasteiger partial charge in [-0.15, -0.1) is 0 Å². The number of esters is 1. The van der Waals surface area contributed by atoms with Crippen molar-refractivity contribution < 1.29 is 14.8 Å². The lowest BCUT2D eigenvalue weighted by atomic mass is 9.52. The maximum absolute atomic E-state index is 13.0. The quantitative estimate of drug-likeness (QED) is 0.813. The van der Waals surface area contributed by atoms with Crippen molar-refractivity contribution >= 4 is 5.97 Å². The highest BCUT2D eigenvalue weighted by atomic mass is 16.6. The molecule has 1 heterocycles. The van der Waals surface area contributed by atoms with Crippen molar-refractivity contribution in [2.75, 3.05) is 13.1 Å². The Morgan fingerprint density at radius 3 is 2.05 bits per heavy atom. The van der Waals surface area contributed by atoms with Crippen molar-refractivity contribution in [3.8, 4) is 0 Å². The van der Waals surface area contributed by atoms with Gasteiger partial charge in [-0.2, -0.15) is 0 Å². The Labute approximate surface area is 134 Å². The van der Waals surface area contributed by atoms with E-state index in [-0.39, 0.29) is 17.5 Å². The van der Waals surface area contributed by atoms with Gasteiger partial charge < -0.3 is 10.1 Å². The highest BCUT2D eigenvalue weighted by Gasteiger charge is 2.52. The highest BCUT2D eigenvalue weighted by Crippen LogP contribution is 2.57. The standard InChI is InChI=1S/C19H31NO2/c1-19(2,16-3-5-20-6-4-16)22-18(21)17-14-8-12-7-13(10-14)11-15(17)9-12/h12-17,20H,3-11H2,1-2H3/p+1. The normalized spacial score (nSPS) is 41.6. The van der Waals surface area contributed by atoms with Gasteiger partial charge in [-0.05, 0) is 69.6 Å². The summed E-state index contributed by atoms with van der Waals surface area (Å²) >= 11 is 0. The van der Waals surface area contributed by atoms with Crippen molar-refractivity contribution in [3.63, 3.8) is 0 Å². The molecule has 0 amide bonds. The Morgan fingerprint density at radius 1 is 0.955 bits per heavy atom. The fraction of sp³-hybridized carbons (Fsp3) is 0.947. The van der Waals surface area contributed by atoms with Gasteiger partial charge in [0.25, 0.3) is 0 Å². The van der Waals surface area contributed by atoms with Crippen LogP contribution in [0.1, 0.15) is 58.8 Å². The Balaban J connectivity index is 1.43. The minimum Gasteiger partial charge on any atom is -0.459 e. The van der Waals surface area contributed by atoms with Crippen LogP contribution in [0.25, 0.3) is 0 Å². The average Bonchev–Trinajstić information content (AvgIpc) is 2.46. The lowest BCUT2D eigenvalue weighted by Crippen LogP contribution is -2.86. The summed E-state index contributed by atoms with van der Waals surface area (Å²) in [6, 6.07) is 0. The van der Waals surface area contributed by atoms with Crippen LogP contribution in [0.5, 0.6) is 0 Å². The molecule has 3 nitrogen and oxygen atoms in total. The van der Waals surface area contributed by atoms with E-state index in [9.17, 15) is 4.79 Å². The molecule has 0 aromatic carbocycles. The maximum atomic E-state index is 13.0. The average molecular weight is 306 g/mol. The van der Waals surface area contributed by atoms with Gasteiger partial charge >= 0.3 is 5.97 Å². The van der Waals surface area contributed by atoms with E-state index in [0.717, 1.165) is 11.8 Å². The topological polar surface area (TPSA) is 42.9 Å². The molecule has 5 fully saturated rings. The summed E-state index contributed by atoms with van der Waals surface area (Å²) in [6.07, 6.45) is 9.00. The van der Waals surface area contributed by atoms with Gasteiger partial charge in [-0.1, -0.05) is 0 Å². The number of piperidine rings is 1. The SMILES string of the molecule is CC(C)(OC(=O)C1C2CC3CC(C2)CC1C3)C1CC[NH2+]CC1. The number of ether oxygens (including phenoxy) is 1. The molecule has 1 aliphatic heterocycles. The van der Waals surface area contributed by atoms with E-state index in [4.69, 9.17) is 4.74 Å². The highest BCUT2D eigenvalue weighted by molar-refractivity contribution is 5.74. The summed E-state index contributed by atoms with van der Waals surface area (Å²) in [7, 11) is 0. The van der Waals surface area contributed by atoms with Gasteiger partial charge in [0.05, 0.1) is 19.0 Å². The van der Waals surface area contributed by atoms with Gasteiger partial charge in [0.1, 0.15) is 5.60 Å². The van der Waals surface area contributed by atoms with E-state index in [2.05, 4.69) is 19.2 Å². The number of quaternary nitrogens is 1. The van der Waals surface area contributed by atoms with Gasteiger partial charge in [-0.3, -0.25) is 4.79 Å². The molecule has 0 spiro atoms. The van der Waals surface area contributed by atoms with Crippen LogP contribution in [0.15, 0.2) is 0 Å². The van der Waals surface area contributed by atoms with Crippen molar-refractivity contribution in [3.05, 3.63) is 0 Å². The maximum Gasteiger partial charge on any atom is 0.310 e. The van der Waals surface area contributed by atoms with E-state index in [1.165, 1.54) is 58.0 Å². The summed E-state index contributed by atoms with van der Waals surface area (Å²) in [6.45, 7) is 6.67. The van der Waals surface area contributed by atoms with Crippen molar-refractivity contribution in [2.45, 2.75) is 64.4 Å². The third-order valence-corrected chi connectivity index (χ3v) is 7.28. The van der Waals surface area contributed by atoms with Gasteiger partial charge in [0, 0.05) is 18.8 Å². The number of carbonyl (C=O) groups excluding carboxylic acids is 1. The first-order valence-electron chi connectivity index (χ1n) is 9.57. The molecule has 3 heteroatoms. The van der Waals surface area contributed by atoms with Gasteiger partial charge in [0.15, 0.2) is 0 Å². The molecule has 5 rings (SSSR count). The molecule has 2 N–H and O–H groups in total. The number of hydrogen-bond acceptors (Lipinski definition) is 2. The van der Waals surface area contributed by atoms with Crippen molar-refractivity contribution in [1.29, 1.82) is 0 Å². The molecule has 22 heavy (non-hydrogen) atoms. The van der Waals surface area contributed by atoms with Gasteiger partial charge in [-0.25, -0.2) is 0 Å². The van der Waals surface area contributed by atoms with Crippen LogP contribution >= 0.6 is 0 Å². The van der Waals surface area contributed by atoms with Crippen LogP contribution in [-0.4, -0.2) is 24.7 Å². The van der Waals surface area contributed by atoms with Crippen LogP contribution in [0.4, 0.5) is 0 Å². The van der Waals surface area contributed by atoms with Crippen LogP contribution < -0.4 is 5.32 Å². The number of nitrogens with two attached hydrogens (primary N) is 1. The molecule has 4 aliphatic carbocycles. The summed E-state index contributed by atoms with van der Waals surface area (Å²) in [4.78, 5) is 13.0. The fourth-order valence-electron chi connectivity index (χ4n) is 6.34. The Kier molecular flexibility index (Phi) is 3.75. The summed E-state index contributed by atoms with van der Waals surface area (Å²) in [5, 5.41) is 2.38. The largest absolute Gasteiger partial charge is 0.459 e. The Hall–Kier alpha value is -0.570. The third-order valence-electron chi connectivity index (χ3n) is 7.28. The van der Waals surface area contributed by atoms with E-state index in [0.29, 0.717) is 17.8 Å². The van der Waals surface area contributed by atoms with Gasteiger partial charge in [0.2, 0.25) is 0 Å². The number of rotatable bonds is 3. The second-order valence-corrected chi connectivity index (χ2v) is 9.12. The predicted octanol–water partition coefficient (Wildman–Crippen LogP) is 2.35. The molecule has 0 aromatic heterocycles. The first kappa shape index (κ1) is 15.0. The van der Waals surface area contributed by atoms with Crippen molar-refractivity contribution in [1.82, 2.24) is 0 Å². The molecule has 1 saturated heterocycles. The molecule has 4 bridgehead atoms. The first-order valence-corrected chi connectivity index (χ1v) is 9.57. The van der Waals surface area contributed by atoms with Crippen LogP contribution in [-0.2, 0) is 9.53 Å². The molecular formula is C19H32NO2+. The van der Waals surface area contributed by atoms with E-state index >= 15 is 0 Å².